The fraction of sp³-hybridized carbons (Fsp3) is 0.179. The summed E-state index contributed by atoms with van der Waals surface area (Å²) in [7, 11) is 0.859. The average Bonchev–Trinajstić information content (AvgIpc) is 4.08. The van der Waals surface area contributed by atoms with Gasteiger partial charge < -0.3 is 54.2 Å². The number of aromatic nitrogens is 4. The summed E-state index contributed by atoms with van der Waals surface area (Å²) in [4.78, 5) is 59.6. The van der Waals surface area contributed by atoms with Crippen LogP contribution in [0.5, 0.6) is 11.5 Å². The molecule has 0 fully saturated rings. The predicted molar refractivity (Wildman–Crippen MR) is 306 cm³/mol. The van der Waals surface area contributed by atoms with Crippen LogP contribution in [0.1, 0.15) is 41.8 Å². The van der Waals surface area contributed by atoms with Crippen LogP contribution in [-0.2, 0) is 33.5 Å². The minimum Gasteiger partial charge on any atom is -0.475 e. The number of nitrogens with one attached hydrogen (secondary N) is 3. The molecule has 12 rings (SSSR count). The third-order valence-corrected chi connectivity index (χ3v) is 16.4. The Bertz CT molecular complexity index is 4630. The van der Waals surface area contributed by atoms with E-state index in [1.807, 2.05) is 0 Å². The zero-order valence-electron chi connectivity index (χ0n) is 45.3. The van der Waals surface area contributed by atoms with Gasteiger partial charge in [0.15, 0.2) is 13.5 Å². The quantitative estimate of drug-likeness (QED) is 0.0893. The second-order valence-electron chi connectivity index (χ2n) is 18.7. The number of halogens is 2. The number of carbonyl (C=O) groups is 4. The first-order valence-electron chi connectivity index (χ1n) is 24.9. The smallest absolute Gasteiger partial charge is 0.372 e. The van der Waals surface area contributed by atoms with Crippen molar-refractivity contribution >= 4 is 98.9 Å². The van der Waals surface area contributed by atoms with E-state index in [1.165, 1.54) is 72.6 Å². The van der Waals surface area contributed by atoms with E-state index in [4.69, 9.17) is 28.3 Å². The lowest BCUT2D eigenvalue weighted by atomic mass is 10.0. The van der Waals surface area contributed by atoms with Gasteiger partial charge >= 0.3 is 5.97 Å². The molecule has 6 N–H and O–H groups in total. The SMILES string of the molecule is CN.CNC(=O)c1c(C(=O)O)oc2cc(N(C)S(C)(=O)=O)c(-c3ccc4c(n3)-c3cc5c(F)cccc5n3CO4)cc12.CNC(=O)c1oc2cc(N(C)S(C)(=O)=O)c(-c3ccc4c(n3)-c3cc5c(F)cccc5n3CO4)cc2c1C(=O)NC. The Morgan fingerprint density at radius 1 is 0.578 bits per heavy atom. The fourth-order valence-electron chi connectivity index (χ4n) is 9.91. The number of amides is 3. The molecule has 2 aliphatic rings. The number of ether oxygens (including phenoxy) is 2. The first-order valence-corrected chi connectivity index (χ1v) is 28.6. The number of fused-ring (bicyclic) bond motifs is 12. The number of carbonyl (C=O) groups excluding carboxylic acids is 3. The monoisotopic (exact) mass is 1170 g/mol. The number of rotatable bonds is 10. The summed E-state index contributed by atoms with van der Waals surface area (Å²) in [5, 5.41) is 18.3. The lowest BCUT2D eigenvalue weighted by Crippen LogP contribution is -2.25. The Balaban J connectivity index is 0.000000180. The lowest BCUT2D eigenvalue weighted by Gasteiger charge is -2.23. The summed E-state index contributed by atoms with van der Waals surface area (Å²) in [5.74, 6) is -3.99. The van der Waals surface area contributed by atoms with Crippen LogP contribution in [0.25, 0.3) is 89.0 Å². The molecule has 3 amide bonds. The van der Waals surface area contributed by atoms with Crippen LogP contribution in [0, 0.1) is 11.6 Å². The van der Waals surface area contributed by atoms with Gasteiger partial charge in [0.1, 0.15) is 51.3 Å². The Hall–Kier alpha value is -9.86. The van der Waals surface area contributed by atoms with Crippen molar-refractivity contribution in [2.24, 2.45) is 5.73 Å². The summed E-state index contributed by atoms with van der Waals surface area (Å²) in [6.07, 6.45) is 2.07. The van der Waals surface area contributed by atoms with E-state index in [-0.39, 0.29) is 75.0 Å². The Morgan fingerprint density at radius 2 is 0.976 bits per heavy atom. The van der Waals surface area contributed by atoms with Gasteiger partial charge in [0.05, 0.1) is 63.3 Å². The molecule has 0 aliphatic carbocycles. The molecule has 0 unspecified atom stereocenters. The second kappa shape index (κ2) is 21.2. The van der Waals surface area contributed by atoms with Gasteiger partial charge in [-0.3, -0.25) is 23.0 Å². The van der Waals surface area contributed by atoms with Crippen molar-refractivity contribution in [3.63, 3.8) is 0 Å². The molecule has 0 bridgehead atoms. The van der Waals surface area contributed by atoms with E-state index in [0.29, 0.717) is 73.0 Å². The highest BCUT2D eigenvalue weighted by Gasteiger charge is 2.32. The third-order valence-electron chi connectivity index (χ3n) is 14.1. The molecule has 8 heterocycles. The van der Waals surface area contributed by atoms with Gasteiger partial charge in [0.25, 0.3) is 17.7 Å². The zero-order valence-corrected chi connectivity index (χ0v) is 47.0. The van der Waals surface area contributed by atoms with Crippen LogP contribution in [0.15, 0.2) is 106 Å². The minimum atomic E-state index is -3.79. The number of carboxylic acids is 1. The van der Waals surface area contributed by atoms with Crippen molar-refractivity contribution in [2.75, 3.05) is 63.4 Å². The fourth-order valence-corrected chi connectivity index (χ4v) is 10.9. The molecule has 23 nitrogen and oxygen atoms in total. The molecule has 0 saturated heterocycles. The van der Waals surface area contributed by atoms with Crippen LogP contribution in [-0.4, -0.2) is 120 Å². The summed E-state index contributed by atoms with van der Waals surface area (Å²) < 4.78 is 108. The zero-order chi connectivity index (χ0) is 59.7. The van der Waals surface area contributed by atoms with Crippen molar-refractivity contribution in [3.05, 3.63) is 131 Å². The molecule has 83 heavy (non-hydrogen) atoms. The molecule has 0 spiro atoms. The van der Waals surface area contributed by atoms with E-state index in [9.17, 15) is 49.9 Å². The van der Waals surface area contributed by atoms with Crippen LogP contribution < -0.4 is 39.8 Å². The summed E-state index contributed by atoms with van der Waals surface area (Å²) in [6.45, 7) is 0.309. The molecular formula is C56H50F2N10O13S2. The molecule has 0 saturated carbocycles. The van der Waals surface area contributed by atoms with E-state index in [1.54, 1.807) is 75.9 Å². The Morgan fingerprint density at radius 3 is 1.36 bits per heavy atom. The standard InChI is InChI=1S/C28H24FN5O6S.C27H21FN4O7S.CH5N/c1-30-27(35)24-16-10-15(20(33(3)41(4,37)38)12-23(16)40-26(24)28(36)31-2)18-8-9-22-25(32-18)21-11-14-17(29)6-5-7-19(14)34(21)13-39-22;1-29-26(33)23-15-9-14(19(31(2)40(3,36)37)11-22(15)39-25(23)27(34)35)17-7-8-21-24(30-17)20-10-13-16(28)5-4-6-18(13)32(20)12-38-21;1-2/h5-12H,13H2,1-4H3,(H,30,35)(H,31,36);4-11H,12H2,1-3H3,(H,29,33)(H,34,35);2H2,1H3. The Kier molecular flexibility index (Phi) is 14.4. The highest BCUT2D eigenvalue weighted by Crippen LogP contribution is 2.45. The normalized spacial score (nSPS) is 12.3. The topological polar surface area (TPSA) is 306 Å². The van der Waals surface area contributed by atoms with Crippen LogP contribution in [0.3, 0.4) is 0 Å². The van der Waals surface area contributed by atoms with Gasteiger partial charge in [0.2, 0.25) is 31.6 Å². The largest absolute Gasteiger partial charge is 0.475 e. The third kappa shape index (κ3) is 9.61. The van der Waals surface area contributed by atoms with Gasteiger partial charge in [-0.05, 0) is 79.8 Å². The average molecular weight is 1170 g/mol. The van der Waals surface area contributed by atoms with Crippen LogP contribution >= 0.6 is 0 Å². The molecule has 0 atom stereocenters. The molecular weight excluding hydrogens is 1120 g/mol. The maximum atomic E-state index is 14.6. The van der Waals surface area contributed by atoms with E-state index < -0.39 is 55.3 Å². The molecule has 27 heteroatoms. The van der Waals surface area contributed by atoms with Crippen molar-refractivity contribution in [1.82, 2.24) is 35.1 Å². The first-order chi connectivity index (χ1) is 39.5. The van der Waals surface area contributed by atoms with Crippen molar-refractivity contribution in [1.29, 1.82) is 0 Å². The Labute approximate surface area is 470 Å². The summed E-state index contributed by atoms with van der Waals surface area (Å²) in [6, 6.07) is 25.4. The summed E-state index contributed by atoms with van der Waals surface area (Å²) in [5.41, 5.74) is 9.38. The minimum absolute atomic E-state index is 0.00199. The van der Waals surface area contributed by atoms with E-state index in [2.05, 4.69) is 21.7 Å². The van der Waals surface area contributed by atoms with Crippen molar-refractivity contribution < 1.29 is 68.2 Å². The molecule has 4 aromatic carbocycles. The molecule has 428 valence electrons. The van der Waals surface area contributed by atoms with Gasteiger partial charge in [-0.1, -0.05) is 12.1 Å². The van der Waals surface area contributed by atoms with Crippen LogP contribution in [0.2, 0.25) is 0 Å². The van der Waals surface area contributed by atoms with Gasteiger partial charge in [0, 0.05) is 80.0 Å². The van der Waals surface area contributed by atoms with E-state index in [0.717, 1.165) is 21.1 Å². The maximum absolute atomic E-state index is 14.6. The van der Waals surface area contributed by atoms with Crippen LogP contribution in [0.4, 0.5) is 20.2 Å². The number of sulfonamides is 2. The number of nitrogens with zero attached hydrogens (tertiary/aromatic N) is 6. The van der Waals surface area contributed by atoms with Gasteiger partial charge in [-0.2, -0.15) is 0 Å². The number of furan rings is 2. The molecule has 2 aliphatic heterocycles. The molecule has 6 aromatic heterocycles. The van der Waals surface area contributed by atoms with Crippen molar-refractivity contribution in [3.8, 4) is 56.8 Å². The van der Waals surface area contributed by atoms with Crippen molar-refractivity contribution in [2.45, 2.75) is 13.5 Å². The molecule has 0 radical (unpaired) electrons. The number of carboxylic acid groups (broad SMARTS) is 1. The number of nitrogens with two attached hydrogens (primary N) is 1. The number of hydrogen-bond donors (Lipinski definition) is 5. The predicted octanol–water partition coefficient (Wildman–Crippen LogP) is 7.35. The first kappa shape index (κ1) is 56.4. The molecule has 10 aromatic rings. The number of benzene rings is 4. The highest BCUT2D eigenvalue weighted by atomic mass is 32.2. The number of aromatic carboxylic acids is 1. The van der Waals surface area contributed by atoms with Gasteiger partial charge in [-0.25, -0.2) is 40.4 Å². The summed E-state index contributed by atoms with van der Waals surface area (Å²) >= 11 is 0. The highest BCUT2D eigenvalue weighted by molar-refractivity contribution is 7.92. The van der Waals surface area contributed by atoms with Gasteiger partial charge in [-0.15, -0.1) is 0 Å². The number of hydrogen-bond acceptors (Lipinski definition) is 15. The maximum Gasteiger partial charge on any atom is 0.372 e. The number of anilines is 2. The second-order valence-corrected chi connectivity index (χ2v) is 22.8. The lowest BCUT2D eigenvalue weighted by molar-refractivity contribution is 0.0658. The number of pyridine rings is 2. The van der Waals surface area contributed by atoms with E-state index >= 15 is 0 Å².